The van der Waals surface area contributed by atoms with Gasteiger partial charge in [-0.2, -0.15) is 0 Å². The number of carbonyl (C=O) groups is 2. The maximum absolute atomic E-state index is 12.1. The molecular weight excluding hydrogens is 314 g/mol. The van der Waals surface area contributed by atoms with Crippen molar-refractivity contribution in [3.05, 3.63) is 17.0 Å². The Morgan fingerprint density at radius 1 is 1.21 bits per heavy atom. The van der Waals surface area contributed by atoms with Crippen LogP contribution in [0.15, 0.2) is 17.0 Å². The first-order chi connectivity index (χ1) is 9.08. The van der Waals surface area contributed by atoms with E-state index >= 15 is 0 Å². The molecule has 0 saturated heterocycles. The van der Waals surface area contributed by atoms with Gasteiger partial charge in [-0.3, -0.25) is 9.59 Å². The predicted molar refractivity (Wildman–Crippen MR) is 71.4 cm³/mol. The number of nitrogens with zero attached hydrogens (tertiary/aromatic N) is 2. The summed E-state index contributed by atoms with van der Waals surface area (Å²) in [5.41, 5.74) is 0. The Morgan fingerprint density at radius 2 is 1.89 bits per heavy atom. The standard InChI is InChI=1S/C12H14BrN3O3/c13-9-5-15-10(6-14-9)16-11(17)7-3-1-2-4-8(7)12(18)19/h5-8H,1-4H2,(H,18,19)(H,15,16,17). The Morgan fingerprint density at radius 3 is 2.47 bits per heavy atom. The SMILES string of the molecule is O=C(O)C1CCCCC1C(=O)Nc1cnc(Br)cn1. The Bertz CT molecular complexity index is 478. The van der Waals surface area contributed by atoms with Gasteiger partial charge >= 0.3 is 5.97 Å². The van der Waals surface area contributed by atoms with Crippen LogP contribution in [0.1, 0.15) is 25.7 Å². The largest absolute Gasteiger partial charge is 0.481 e. The summed E-state index contributed by atoms with van der Waals surface area (Å²) in [7, 11) is 0. The van der Waals surface area contributed by atoms with Crippen LogP contribution in [0.2, 0.25) is 0 Å². The van der Waals surface area contributed by atoms with Gasteiger partial charge in [-0.15, -0.1) is 0 Å². The number of amides is 1. The van der Waals surface area contributed by atoms with Gasteiger partial charge in [-0.1, -0.05) is 12.8 Å². The van der Waals surface area contributed by atoms with Crippen LogP contribution in [0.5, 0.6) is 0 Å². The van der Waals surface area contributed by atoms with Crippen molar-refractivity contribution < 1.29 is 14.7 Å². The van der Waals surface area contributed by atoms with Crippen LogP contribution in [-0.4, -0.2) is 27.0 Å². The number of anilines is 1. The van der Waals surface area contributed by atoms with Gasteiger partial charge in [0.15, 0.2) is 5.82 Å². The zero-order valence-electron chi connectivity index (χ0n) is 10.2. The van der Waals surface area contributed by atoms with Crippen LogP contribution in [0.4, 0.5) is 5.82 Å². The molecule has 0 bridgehead atoms. The summed E-state index contributed by atoms with van der Waals surface area (Å²) in [6.45, 7) is 0. The second kappa shape index (κ2) is 6.10. The Labute approximate surface area is 118 Å². The fraction of sp³-hybridized carbons (Fsp3) is 0.500. The topological polar surface area (TPSA) is 92.2 Å². The molecular formula is C12H14BrN3O3. The summed E-state index contributed by atoms with van der Waals surface area (Å²) in [6.07, 6.45) is 5.81. The average molecular weight is 328 g/mol. The Balaban J connectivity index is 2.05. The molecule has 7 heteroatoms. The van der Waals surface area contributed by atoms with Gasteiger partial charge in [0.1, 0.15) is 4.60 Å². The number of hydrogen-bond acceptors (Lipinski definition) is 4. The van der Waals surface area contributed by atoms with E-state index in [1.54, 1.807) is 0 Å². The van der Waals surface area contributed by atoms with E-state index in [4.69, 9.17) is 5.11 Å². The summed E-state index contributed by atoms with van der Waals surface area (Å²) in [5, 5.41) is 11.8. The third kappa shape index (κ3) is 3.50. The van der Waals surface area contributed by atoms with E-state index in [1.165, 1.54) is 12.4 Å². The minimum Gasteiger partial charge on any atom is -0.481 e. The first kappa shape index (κ1) is 13.9. The number of carbonyl (C=O) groups excluding carboxylic acids is 1. The summed E-state index contributed by atoms with van der Waals surface area (Å²) >= 11 is 3.15. The lowest BCUT2D eigenvalue weighted by Gasteiger charge is -2.27. The van der Waals surface area contributed by atoms with E-state index in [2.05, 4.69) is 31.2 Å². The highest BCUT2D eigenvalue weighted by Gasteiger charge is 2.35. The van der Waals surface area contributed by atoms with Crippen LogP contribution in [-0.2, 0) is 9.59 Å². The van der Waals surface area contributed by atoms with Crippen LogP contribution in [0.25, 0.3) is 0 Å². The highest BCUT2D eigenvalue weighted by atomic mass is 79.9. The van der Waals surface area contributed by atoms with Crippen molar-refractivity contribution in [1.82, 2.24) is 9.97 Å². The third-order valence-electron chi connectivity index (χ3n) is 3.29. The van der Waals surface area contributed by atoms with Gasteiger partial charge < -0.3 is 10.4 Å². The van der Waals surface area contributed by atoms with Gasteiger partial charge in [-0.05, 0) is 28.8 Å². The molecule has 0 spiro atoms. The molecule has 1 aliphatic rings. The van der Waals surface area contributed by atoms with E-state index in [1.807, 2.05) is 0 Å². The number of rotatable bonds is 3. The maximum Gasteiger partial charge on any atom is 0.307 e. The summed E-state index contributed by atoms with van der Waals surface area (Å²) in [4.78, 5) is 31.2. The van der Waals surface area contributed by atoms with Gasteiger partial charge in [0.25, 0.3) is 0 Å². The molecule has 1 fully saturated rings. The number of aliphatic carboxylic acids is 1. The van der Waals surface area contributed by atoms with E-state index in [-0.39, 0.29) is 5.91 Å². The molecule has 0 aromatic carbocycles. The fourth-order valence-corrected chi connectivity index (χ4v) is 2.54. The number of halogens is 1. The normalized spacial score (nSPS) is 22.8. The fourth-order valence-electron chi connectivity index (χ4n) is 2.34. The molecule has 1 amide bonds. The molecule has 0 radical (unpaired) electrons. The van der Waals surface area contributed by atoms with Gasteiger partial charge in [-0.25, -0.2) is 9.97 Å². The highest BCUT2D eigenvalue weighted by Crippen LogP contribution is 2.31. The first-order valence-electron chi connectivity index (χ1n) is 6.09. The summed E-state index contributed by atoms with van der Waals surface area (Å²) in [5.74, 6) is -1.94. The lowest BCUT2D eigenvalue weighted by molar-refractivity contribution is -0.147. The minimum absolute atomic E-state index is 0.288. The van der Waals surface area contributed by atoms with Crippen molar-refractivity contribution >= 4 is 33.6 Å². The summed E-state index contributed by atoms with van der Waals surface area (Å²) in [6, 6.07) is 0. The van der Waals surface area contributed by atoms with Crippen molar-refractivity contribution in [2.45, 2.75) is 25.7 Å². The molecule has 1 saturated carbocycles. The molecule has 0 aliphatic heterocycles. The smallest absolute Gasteiger partial charge is 0.307 e. The molecule has 1 heterocycles. The first-order valence-corrected chi connectivity index (χ1v) is 6.88. The van der Waals surface area contributed by atoms with Crippen LogP contribution >= 0.6 is 15.9 Å². The number of carboxylic acid groups (broad SMARTS) is 1. The highest BCUT2D eigenvalue weighted by molar-refractivity contribution is 9.10. The monoisotopic (exact) mass is 327 g/mol. The van der Waals surface area contributed by atoms with Crippen molar-refractivity contribution in [2.24, 2.45) is 11.8 Å². The average Bonchev–Trinajstić information content (AvgIpc) is 2.41. The number of nitrogens with one attached hydrogen (secondary N) is 1. The van der Waals surface area contributed by atoms with Crippen molar-refractivity contribution in [3.8, 4) is 0 Å². The lowest BCUT2D eigenvalue weighted by atomic mass is 9.79. The molecule has 2 atom stereocenters. The van der Waals surface area contributed by atoms with Gasteiger partial charge in [0.05, 0.1) is 24.2 Å². The van der Waals surface area contributed by atoms with Crippen LogP contribution in [0, 0.1) is 11.8 Å². The predicted octanol–water partition coefficient (Wildman–Crippen LogP) is 2.07. The van der Waals surface area contributed by atoms with E-state index in [9.17, 15) is 9.59 Å². The van der Waals surface area contributed by atoms with Gasteiger partial charge in [0.2, 0.25) is 5.91 Å². The van der Waals surface area contributed by atoms with Crippen LogP contribution in [0.3, 0.4) is 0 Å². The second-order valence-electron chi connectivity index (χ2n) is 4.55. The second-order valence-corrected chi connectivity index (χ2v) is 5.36. The molecule has 1 aliphatic carbocycles. The third-order valence-corrected chi connectivity index (χ3v) is 3.70. The Hall–Kier alpha value is -1.50. The van der Waals surface area contributed by atoms with Gasteiger partial charge in [0, 0.05) is 0 Å². The number of aromatic nitrogens is 2. The van der Waals surface area contributed by atoms with E-state index in [0.717, 1.165) is 12.8 Å². The molecule has 2 rings (SSSR count). The molecule has 6 nitrogen and oxygen atoms in total. The van der Waals surface area contributed by atoms with Crippen molar-refractivity contribution in [1.29, 1.82) is 0 Å². The minimum atomic E-state index is -0.901. The molecule has 2 N–H and O–H groups in total. The van der Waals surface area contributed by atoms with Crippen molar-refractivity contribution in [3.63, 3.8) is 0 Å². The zero-order valence-corrected chi connectivity index (χ0v) is 11.8. The molecule has 1 aromatic heterocycles. The zero-order chi connectivity index (χ0) is 13.8. The van der Waals surface area contributed by atoms with E-state index < -0.39 is 17.8 Å². The summed E-state index contributed by atoms with van der Waals surface area (Å²) < 4.78 is 0.576. The number of carboxylic acids is 1. The Kier molecular flexibility index (Phi) is 4.47. The molecule has 19 heavy (non-hydrogen) atoms. The molecule has 1 aromatic rings. The van der Waals surface area contributed by atoms with Crippen molar-refractivity contribution in [2.75, 3.05) is 5.32 Å². The lowest BCUT2D eigenvalue weighted by Crippen LogP contribution is -2.36. The maximum atomic E-state index is 12.1. The molecule has 102 valence electrons. The number of hydrogen-bond donors (Lipinski definition) is 2. The van der Waals surface area contributed by atoms with E-state index in [0.29, 0.717) is 23.3 Å². The van der Waals surface area contributed by atoms with Crippen LogP contribution < -0.4 is 5.32 Å². The molecule has 2 unspecified atom stereocenters. The quantitative estimate of drug-likeness (QED) is 0.886.